The zero-order valence-electron chi connectivity index (χ0n) is 18.6. The molecule has 2 aliphatic rings. The second-order valence-electron chi connectivity index (χ2n) is 8.60. The van der Waals surface area contributed by atoms with Gasteiger partial charge in [-0.2, -0.15) is 5.48 Å². The smallest absolute Gasteiger partial charge is 0.251 e. The monoisotopic (exact) mass is 462 g/mol. The highest BCUT2D eigenvalue weighted by Crippen LogP contribution is 2.34. The minimum Gasteiger partial charge on any atom is -0.370 e. The average Bonchev–Trinajstić information content (AvgIpc) is 3.24. The first-order valence-corrected chi connectivity index (χ1v) is 11.7. The molecule has 1 fully saturated rings. The van der Waals surface area contributed by atoms with Crippen molar-refractivity contribution in [1.29, 1.82) is 0 Å². The summed E-state index contributed by atoms with van der Waals surface area (Å²) in [7, 11) is 1.67. The molecule has 1 saturated heterocycles. The number of fused-ring (bicyclic) bond motifs is 1. The van der Waals surface area contributed by atoms with Crippen LogP contribution in [0.2, 0.25) is 5.02 Å². The number of aromatic nitrogens is 2. The minimum atomic E-state index is -0.0290. The van der Waals surface area contributed by atoms with Gasteiger partial charge in [-0.3, -0.25) is 9.78 Å². The summed E-state index contributed by atoms with van der Waals surface area (Å²) in [4.78, 5) is 25.1. The van der Waals surface area contributed by atoms with Crippen LogP contribution in [-0.2, 0) is 17.8 Å². The highest BCUT2D eigenvalue weighted by molar-refractivity contribution is 6.30. The number of benzene rings is 1. The molecule has 1 aliphatic carbocycles. The molecule has 5 rings (SSSR count). The zero-order chi connectivity index (χ0) is 22.8. The van der Waals surface area contributed by atoms with Crippen molar-refractivity contribution in [2.45, 2.75) is 31.8 Å². The summed E-state index contributed by atoms with van der Waals surface area (Å²) >= 11 is 6.09. The lowest BCUT2D eigenvalue weighted by Crippen LogP contribution is -2.42. The number of pyridine rings is 2. The molecule has 3 aromatic rings. The number of rotatable bonds is 6. The highest BCUT2D eigenvalue weighted by atomic mass is 35.5. The number of hydroxylamine groups is 1. The molecule has 0 bridgehead atoms. The van der Waals surface area contributed by atoms with Crippen molar-refractivity contribution in [2.75, 3.05) is 25.1 Å². The lowest BCUT2D eigenvalue weighted by atomic mass is 10.0. The van der Waals surface area contributed by atoms with E-state index in [1.165, 1.54) is 0 Å². The maximum atomic E-state index is 12.9. The van der Waals surface area contributed by atoms with Gasteiger partial charge < -0.3 is 14.3 Å². The molecule has 0 saturated carbocycles. The van der Waals surface area contributed by atoms with Gasteiger partial charge in [0.05, 0.1) is 31.2 Å². The van der Waals surface area contributed by atoms with Crippen LogP contribution in [0.15, 0.2) is 65.7 Å². The number of nitrogens with zero attached hydrogens (tertiary/aromatic N) is 3. The number of piperidine rings is 1. The number of halogens is 1. The van der Waals surface area contributed by atoms with E-state index in [4.69, 9.17) is 21.4 Å². The first-order valence-electron chi connectivity index (χ1n) is 11.3. The summed E-state index contributed by atoms with van der Waals surface area (Å²) in [6.07, 6.45) is 8.85. The quantitative estimate of drug-likeness (QED) is 0.560. The van der Waals surface area contributed by atoms with Gasteiger partial charge >= 0.3 is 0 Å². The summed E-state index contributed by atoms with van der Waals surface area (Å²) in [5, 5.41) is 0.673. The molecule has 0 spiro atoms. The van der Waals surface area contributed by atoms with Gasteiger partial charge in [-0.05, 0) is 53.8 Å². The van der Waals surface area contributed by atoms with Gasteiger partial charge in [0.15, 0.2) is 0 Å². The normalized spacial score (nSPS) is 16.1. The van der Waals surface area contributed by atoms with E-state index in [0.717, 1.165) is 66.0 Å². The van der Waals surface area contributed by atoms with E-state index < -0.39 is 0 Å². The molecule has 1 aliphatic heterocycles. The van der Waals surface area contributed by atoms with Crippen LogP contribution in [-0.4, -0.2) is 35.8 Å². The maximum Gasteiger partial charge on any atom is 0.251 e. The number of nitrogens with one attached hydrogen (secondary N) is 1. The van der Waals surface area contributed by atoms with Crippen molar-refractivity contribution in [3.8, 4) is 0 Å². The molecule has 1 N–H and O–H groups in total. The molecule has 0 atom stereocenters. The molecule has 3 heterocycles. The van der Waals surface area contributed by atoms with Crippen molar-refractivity contribution in [3.63, 3.8) is 0 Å². The molecule has 7 heteroatoms. The van der Waals surface area contributed by atoms with Crippen molar-refractivity contribution < 1.29 is 4.84 Å². The largest absolute Gasteiger partial charge is 0.370 e. The van der Waals surface area contributed by atoms with Gasteiger partial charge in [-0.1, -0.05) is 29.8 Å². The van der Waals surface area contributed by atoms with Gasteiger partial charge in [0, 0.05) is 48.4 Å². The third kappa shape index (κ3) is 4.74. The van der Waals surface area contributed by atoms with E-state index in [9.17, 15) is 4.79 Å². The molecule has 0 radical (unpaired) electrons. The summed E-state index contributed by atoms with van der Waals surface area (Å²) < 4.78 is 1.71. The fourth-order valence-corrected chi connectivity index (χ4v) is 4.91. The molecule has 2 aromatic heterocycles. The molecule has 1 aromatic carbocycles. The van der Waals surface area contributed by atoms with Crippen LogP contribution in [0.25, 0.3) is 5.57 Å². The average molecular weight is 463 g/mol. The highest BCUT2D eigenvalue weighted by Gasteiger charge is 2.23. The fraction of sp³-hybridized carbons (Fsp3) is 0.308. The summed E-state index contributed by atoms with van der Waals surface area (Å²) in [6, 6.07) is 14.0. The van der Waals surface area contributed by atoms with Gasteiger partial charge in [-0.25, -0.2) is 0 Å². The Hall–Kier alpha value is -2.93. The Morgan fingerprint density at radius 2 is 2.03 bits per heavy atom. The van der Waals surface area contributed by atoms with Gasteiger partial charge in [0.2, 0.25) is 0 Å². The van der Waals surface area contributed by atoms with E-state index >= 15 is 0 Å². The Balaban J connectivity index is 1.35. The summed E-state index contributed by atoms with van der Waals surface area (Å²) in [6.45, 7) is 2.41. The van der Waals surface area contributed by atoms with Crippen LogP contribution in [0.1, 0.15) is 35.2 Å². The number of anilines is 1. The first kappa shape index (κ1) is 21.9. The minimum absolute atomic E-state index is 0.0290. The number of allylic oxidation sites excluding steroid dienone is 1. The molecular formula is C26H27ClN4O2. The molecule has 0 unspecified atom stereocenters. The van der Waals surface area contributed by atoms with Crippen molar-refractivity contribution in [2.24, 2.45) is 0 Å². The Morgan fingerprint density at radius 3 is 2.79 bits per heavy atom. The number of hydrogen-bond donors (Lipinski definition) is 1. The third-order valence-electron chi connectivity index (χ3n) is 6.44. The molecule has 6 nitrogen and oxygen atoms in total. The Bertz CT molecular complexity index is 1250. The fourth-order valence-electron chi connectivity index (χ4n) is 4.69. The Morgan fingerprint density at radius 1 is 1.18 bits per heavy atom. The van der Waals surface area contributed by atoms with Crippen LogP contribution in [0.3, 0.4) is 0 Å². The van der Waals surface area contributed by atoms with E-state index in [2.05, 4.69) is 22.5 Å². The zero-order valence-corrected chi connectivity index (χ0v) is 19.4. The van der Waals surface area contributed by atoms with E-state index in [1.54, 1.807) is 17.7 Å². The molecule has 33 heavy (non-hydrogen) atoms. The Labute approximate surface area is 198 Å². The summed E-state index contributed by atoms with van der Waals surface area (Å²) in [5.74, 6) is 0. The van der Waals surface area contributed by atoms with Gasteiger partial charge in [-0.15, -0.1) is 0 Å². The maximum absolute atomic E-state index is 12.9. The number of hydrogen-bond acceptors (Lipinski definition) is 5. The lowest BCUT2D eigenvalue weighted by molar-refractivity contribution is 0.0532. The van der Waals surface area contributed by atoms with Crippen molar-refractivity contribution in [3.05, 3.63) is 98.7 Å². The predicted molar refractivity (Wildman–Crippen MR) is 132 cm³/mol. The van der Waals surface area contributed by atoms with Gasteiger partial charge in [0.1, 0.15) is 0 Å². The molecular weight excluding hydrogens is 436 g/mol. The topological polar surface area (TPSA) is 59.4 Å². The van der Waals surface area contributed by atoms with Crippen molar-refractivity contribution >= 4 is 22.9 Å². The van der Waals surface area contributed by atoms with Crippen LogP contribution in [0.5, 0.6) is 0 Å². The third-order valence-corrected chi connectivity index (χ3v) is 6.67. The van der Waals surface area contributed by atoms with E-state index in [-0.39, 0.29) is 5.56 Å². The molecule has 0 amide bonds. The van der Waals surface area contributed by atoms with Crippen LogP contribution in [0, 0.1) is 0 Å². The van der Waals surface area contributed by atoms with Crippen molar-refractivity contribution in [1.82, 2.24) is 15.0 Å². The molecule has 170 valence electrons. The predicted octanol–water partition coefficient (Wildman–Crippen LogP) is 4.05. The van der Waals surface area contributed by atoms with Gasteiger partial charge in [0.25, 0.3) is 5.56 Å². The second-order valence-corrected chi connectivity index (χ2v) is 9.04. The first-order chi connectivity index (χ1) is 16.1. The Kier molecular flexibility index (Phi) is 6.31. The van der Waals surface area contributed by atoms with Crippen LogP contribution in [0.4, 0.5) is 5.69 Å². The summed E-state index contributed by atoms with van der Waals surface area (Å²) in [5.41, 5.74) is 9.37. The SMILES string of the molecule is CONC1CCN(c2cnc3c(c2)C(c2ccn(Cc4cccc(Cl)c4)c(=O)c2)=CC3)CC1. The van der Waals surface area contributed by atoms with Crippen LogP contribution >= 0.6 is 11.6 Å². The second kappa shape index (κ2) is 9.51. The van der Waals surface area contributed by atoms with Crippen LogP contribution < -0.4 is 15.9 Å². The van der Waals surface area contributed by atoms with E-state index in [0.29, 0.717) is 17.6 Å². The van der Waals surface area contributed by atoms with E-state index in [1.807, 2.05) is 42.7 Å². The lowest BCUT2D eigenvalue weighted by Gasteiger charge is -2.33. The standard InChI is InChI=1S/C26H27ClN4O2/c1-33-29-21-8-11-30(12-9-21)22-15-24-23(5-6-25(24)28-16-22)19-7-10-31(26(32)14-19)17-18-3-2-4-20(27)13-18/h2-5,7,10,13-16,21,29H,6,8-9,11-12,17H2,1H3.